The first-order chi connectivity index (χ1) is 8.16. The van der Waals surface area contributed by atoms with Gasteiger partial charge in [-0.3, -0.25) is 0 Å². The lowest BCUT2D eigenvalue weighted by Crippen LogP contribution is -2.37. The summed E-state index contributed by atoms with van der Waals surface area (Å²) in [5.41, 5.74) is 2.78. The van der Waals surface area contributed by atoms with E-state index in [0.29, 0.717) is 0 Å². The molecule has 1 spiro atoms. The van der Waals surface area contributed by atoms with Crippen molar-refractivity contribution in [3.05, 3.63) is 35.9 Å². The predicted octanol–water partition coefficient (Wildman–Crippen LogP) is 3.56. The van der Waals surface area contributed by atoms with E-state index in [1.807, 2.05) is 0 Å². The lowest BCUT2D eigenvalue weighted by molar-refractivity contribution is -0.0435. The van der Waals surface area contributed by atoms with E-state index < -0.39 is 0 Å². The minimum absolute atomic E-state index is 0.0765. The summed E-state index contributed by atoms with van der Waals surface area (Å²) in [5.74, 6) is 0. The molecule has 1 aliphatic carbocycles. The van der Waals surface area contributed by atoms with Crippen molar-refractivity contribution in [2.24, 2.45) is 10.6 Å². The molecule has 2 nitrogen and oxygen atoms in total. The van der Waals surface area contributed by atoms with Crippen LogP contribution in [-0.2, 0) is 11.3 Å². The number of aryl methyl sites for hydroxylation is 1. The fourth-order valence-corrected chi connectivity index (χ4v) is 3.05. The van der Waals surface area contributed by atoms with Crippen LogP contribution in [0.4, 0.5) is 0 Å². The van der Waals surface area contributed by atoms with Crippen LogP contribution in [-0.4, -0.2) is 11.3 Å². The molecule has 0 radical (unpaired) electrons. The largest absolute Gasteiger partial charge is 0.389 e. The van der Waals surface area contributed by atoms with Crippen LogP contribution in [0, 0.1) is 5.41 Å². The van der Waals surface area contributed by atoms with Crippen molar-refractivity contribution < 1.29 is 4.84 Å². The fraction of sp³-hybridized carbons (Fsp3) is 0.533. The Morgan fingerprint density at radius 3 is 2.59 bits per heavy atom. The number of rotatable bonds is 3. The zero-order valence-electron chi connectivity index (χ0n) is 10.6. The molecule has 2 aliphatic rings. The van der Waals surface area contributed by atoms with Crippen LogP contribution in [0.25, 0.3) is 0 Å². The topological polar surface area (TPSA) is 21.6 Å². The second-order valence-electron chi connectivity index (χ2n) is 5.57. The maximum Gasteiger partial charge on any atom is 0.146 e. The molecule has 0 bridgehead atoms. The van der Waals surface area contributed by atoms with Gasteiger partial charge in [-0.15, -0.1) is 0 Å². The van der Waals surface area contributed by atoms with E-state index in [1.54, 1.807) is 0 Å². The fourth-order valence-electron chi connectivity index (χ4n) is 3.05. The van der Waals surface area contributed by atoms with Crippen LogP contribution >= 0.6 is 0 Å². The zero-order chi connectivity index (χ0) is 11.9. The molecule has 3 rings (SSSR count). The summed E-state index contributed by atoms with van der Waals surface area (Å²) < 4.78 is 0. The first kappa shape index (κ1) is 10.8. The van der Waals surface area contributed by atoms with Crippen LogP contribution in [0.3, 0.4) is 0 Å². The van der Waals surface area contributed by atoms with Crippen LogP contribution in [0.2, 0.25) is 0 Å². The van der Waals surface area contributed by atoms with Gasteiger partial charge in [0, 0.05) is 0 Å². The van der Waals surface area contributed by atoms with E-state index in [-0.39, 0.29) is 11.0 Å². The van der Waals surface area contributed by atoms with E-state index in [2.05, 4.69) is 49.3 Å². The van der Waals surface area contributed by atoms with Crippen molar-refractivity contribution in [2.75, 3.05) is 0 Å². The highest BCUT2D eigenvalue weighted by Gasteiger charge is 2.64. The molecular weight excluding hydrogens is 210 g/mol. The minimum Gasteiger partial charge on any atom is -0.389 e. The van der Waals surface area contributed by atoms with Crippen molar-refractivity contribution >= 4 is 5.71 Å². The smallest absolute Gasteiger partial charge is 0.146 e. The monoisotopic (exact) mass is 229 g/mol. The molecule has 1 fully saturated rings. The lowest BCUT2D eigenvalue weighted by Gasteiger charge is -2.29. The molecule has 1 aromatic rings. The van der Waals surface area contributed by atoms with Gasteiger partial charge in [0.05, 0.1) is 11.1 Å². The van der Waals surface area contributed by atoms with Crippen LogP contribution in [0.5, 0.6) is 0 Å². The van der Waals surface area contributed by atoms with Gasteiger partial charge in [0.15, 0.2) is 0 Å². The highest BCUT2D eigenvalue weighted by molar-refractivity contribution is 5.92. The highest BCUT2D eigenvalue weighted by Crippen LogP contribution is 2.61. The highest BCUT2D eigenvalue weighted by atomic mass is 16.7. The second-order valence-corrected chi connectivity index (χ2v) is 5.57. The Morgan fingerprint density at radius 2 is 1.94 bits per heavy atom. The van der Waals surface area contributed by atoms with Gasteiger partial charge in [0.25, 0.3) is 0 Å². The van der Waals surface area contributed by atoms with E-state index in [1.165, 1.54) is 24.1 Å². The van der Waals surface area contributed by atoms with Gasteiger partial charge in [-0.25, -0.2) is 0 Å². The van der Waals surface area contributed by atoms with E-state index in [4.69, 9.17) is 4.84 Å². The number of hydrogen-bond acceptors (Lipinski definition) is 2. The molecule has 90 valence electrons. The van der Waals surface area contributed by atoms with Gasteiger partial charge >= 0.3 is 0 Å². The van der Waals surface area contributed by atoms with Crippen LogP contribution < -0.4 is 0 Å². The molecule has 17 heavy (non-hydrogen) atoms. The summed E-state index contributed by atoms with van der Waals surface area (Å²) in [6, 6.07) is 10.6. The van der Waals surface area contributed by atoms with Crippen LogP contribution in [0.1, 0.15) is 38.7 Å². The van der Waals surface area contributed by atoms with Gasteiger partial charge < -0.3 is 4.84 Å². The molecule has 1 heterocycles. The van der Waals surface area contributed by atoms with Gasteiger partial charge in [0.1, 0.15) is 5.60 Å². The Hall–Kier alpha value is -1.31. The molecule has 1 aliphatic heterocycles. The Kier molecular flexibility index (Phi) is 2.29. The molecule has 1 atom stereocenters. The first-order valence-corrected chi connectivity index (χ1v) is 6.44. The number of oxime groups is 1. The summed E-state index contributed by atoms with van der Waals surface area (Å²) in [7, 11) is 0. The van der Waals surface area contributed by atoms with E-state index in [9.17, 15) is 0 Å². The van der Waals surface area contributed by atoms with E-state index in [0.717, 1.165) is 12.8 Å². The molecule has 2 heteroatoms. The Morgan fingerprint density at radius 1 is 1.24 bits per heavy atom. The first-order valence-electron chi connectivity index (χ1n) is 6.44. The third kappa shape index (κ3) is 1.58. The van der Waals surface area contributed by atoms with Crippen molar-refractivity contribution in [3.8, 4) is 0 Å². The Balaban J connectivity index is 1.71. The third-order valence-corrected chi connectivity index (χ3v) is 4.57. The molecule has 1 saturated carbocycles. The molecule has 0 N–H and O–H groups in total. The summed E-state index contributed by atoms with van der Waals surface area (Å²) in [5, 5.41) is 4.23. The summed E-state index contributed by atoms with van der Waals surface area (Å²) in [4.78, 5) is 5.74. The van der Waals surface area contributed by atoms with Gasteiger partial charge in [0.2, 0.25) is 0 Å². The average Bonchev–Trinajstić information content (AvgIpc) is 3.12. The zero-order valence-corrected chi connectivity index (χ0v) is 10.6. The molecule has 0 saturated heterocycles. The van der Waals surface area contributed by atoms with E-state index >= 15 is 0 Å². The molecular formula is C15H19NO. The SMILES string of the molecule is CC1=NOC(C)(CCc2ccccc2)C12CC2. The maximum atomic E-state index is 5.74. The molecule has 0 amide bonds. The predicted molar refractivity (Wildman–Crippen MR) is 69.0 cm³/mol. The number of benzene rings is 1. The third-order valence-electron chi connectivity index (χ3n) is 4.57. The minimum atomic E-state index is -0.0765. The van der Waals surface area contributed by atoms with Crippen LogP contribution in [0.15, 0.2) is 35.5 Å². The number of hydrogen-bond donors (Lipinski definition) is 0. The van der Waals surface area contributed by atoms with Crippen molar-refractivity contribution in [3.63, 3.8) is 0 Å². The standard InChI is InChI=1S/C15H19NO/c1-12-15(10-11-15)14(2,17-16-12)9-8-13-6-4-3-5-7-13/h3-7H,8-11H2,1-2H3. The molecule has 0 aromatic heterocycles. The molecule has 1 unspecified atom stereocenters. The normalized spacial score (nSPS) is 28.9. The van der Waals surface area contributed by atoms with Crippen molar-refractivity contribution in [1.29, 1.82) is 0 Å². The van der Waals surface area contributed by atoms with Crippen molar-refractivity contribution in [2.45, 2.75) is 45.1 Å². The summed E-state index contributed by atoms with van der Waals surface area (Å²) >= 11 is 0. The van der Waals surface area contributed by atoms with Gasteiger partial charge in [-0.05, 0) is 45.1 Å². The Labute approximate surface area is 103 Å². The average molecular weight is 229 g/mol. The number of nitrogens with zero attached hydrogens (tertiary/aromatic N) is 1. The summed E-state index contributed by atoms with van der Waals surface area (Å²) in [6.45, 7) is 4.34. The lowest BCUT2D eigenvalue weighted by atomic mass is 9.79. The Bertz CT molecular complexity index is 447. The van der Waals surface area contributed by atoms with Gasteiger partial charge in [-0.1, -0.05) is 35.5 Å². The quantitative estimate of drug-likeness (QED) is 0.776. The molecule has 1 aromatic carbocycles. The summed E-state index contributed by atoms with van der Waals surface area (Å²) in [6.07, 6.45) is 4.61. The van der Waals surface area contributed by atoms with Crippen molar-refractivity contribution in [1.82, 2.24) is 0 Å². The maximum absolute atomic E-state index is 5.74. The van der Waals surface area contributed by atoms with Gasteiger partial charge in [-0.2, -0.15) is 0 Å². The second kappa shape index (κ2) is 3.59.